The van der Waals surface area contributed by atoms with Crippen LogP contribution in [0.15, 0.2) is 72.8 Å². The summed E-state index contributed by atoms with van der Waals surface area (Å²) >= 11 is 0. The first-order chi connectivity index (χ1) is 21.2. The molecular formula is C43H63. The van der Waals surface area contributed by atoms with E-state index >= 15 is 0 Å². The molecule has 0 N–H and O–H groups in total. The summed E-state index contributed by atoms with van der Waals surface area (Å²) in [5, 5.41) is 0. The fourth-order valence-corrected chi connectivity index (χ4v) is 6.34. The monoisotopic (exact) mass is 579 g/mol. The van der Waals surface area contributed by atoms with E-state index in [4.69, 9.17) is 0 Å². The molecule has 0 amide bonds. The Balaban J connectivity index is 1.66. The first-order valence-electron chi connectivity index (χ1n) is 18.4. The van der Waals surface area contributed by atoms with E-state index in [1.165, 1.54) is 174 Å². The highest BCUT2D eigenvalue weighted by atomic mass is 14.2. The van der Waals surface area contributed by atoms with Crippen molar-refractivity contribution in [1.82, 2.24) is 0 Å². The lowest BCUT2D eigenvalue weighted by Gasteiger charge is -2.19. The molecule has 3 aromatic rings. The lowest BCUT2D eigenvalue weighted by Crippen LogP contribution is -2.05. The minimum absolute atomic E-state index is 1.20. The van der Waals surface area contributed by atoms with E-state index in [0.717, 1.165) is 0 Å². The van der Waals surface area contributed by atoms with Crippen LogP contribution in [0.25, 0.3) is 0 Å². The van der Waals surface area contributed by atoms with Crippen molar-refractivity contribution in [3.05, 3.63) is 112 Å². The van der Waals surface area contributed by atoms with E-state index in [2.05, 4.69) is 93.6 Å². The summed E-state index contributed by atoms with van der Waals surface area (Å²) in [4.78, 5) is 0. The molecule has 0 aromatic heterocycles. The quantitative estimate of drug-likeness (QED) is 0.0731. The van der Waals surface area contributed by atoms with E-state index < -0.39 is 0 Å². The molecule has 0 heterocycles. The molecule has 0 fully saturated rings. The van der Waals surface area contributed by atoms with Gasteiger partial charge in [-0.3, -0.25) is 0 Å². The molecular weight excluding hydrogens is 516 g/mol. The van der Waals surface area contributed by atoms with Crippen LogP contribution in [0, 0.1) is 5.92 Å². The van der Waals surface area contributed by atoms with Crippen LogP contribution >= 0.6 is 0 Å². The molecule has 3 aromatic carbocycles. The third-order valence-electron chi connectivity index (χ3n) is 9.18. The third-order valence-corrected chi connectivity index (χ3v) is 9.18. The number of hydrogen-bond donors (Lipinski definition) is 0. The number of unbranched alkanes of at least 4 members (excludes halogenated alkanes) is 15. The molecule has 0 saturated heterocycles. The summed E-state index contributed by atoms with van der Waals surface area (Å²) in [6, 6.07) is 28.5. The van der Waals surface area contributed by atoms with Crippen LogP contribution < -0.4 is 0 Å². The molecule has 0 unspecified atom stereocenters. The van der Waals surface area contributed by atoms with Gasteiger partial charge in [0.1, 0.15) is 0 Å². The number of benzene rings is 3. The highest BCUT2D eigenvalue weighted by molar-refractivity contribution is 5.58. The summed E-state index contributed by atoms with van der Waals surface area (Å²) < 4.78 is 0. The van der Waals surface area contributed by atoms with Gasteiger partial charge in [-0.2, -0.15) is 0 Å². The Hall–Kier alpha value is -2.34. The van der Waals surface area contributed by atoms with Gasteiger partial charge in [0.25, 0.3) is 0 Å². The second kappa shape index (κ2) is 22.2. The van der Waals surface area contributed by atoms with Gasteiger partial charge in [-0.1, -0.05) is 190 Å². The second-order valence-electron chi connectivity index (χ2n) is 13.0. The van der Waals surface area contributed by atoms with Gasteiger partial charge in [-0.25, -0.2) is 0 Å². The van der Waals surface area contributed by atoms with Crippen molar-refractivity contribution >= 4 is 0 Å². The minimum Gasteiger partial charge on any atom is -0.0654 e. The first kappa shape index (κ1) is 35.1. The van der Waals surface area contributed by atoms with Crippen molar-refractivity contribution in [2.24, 2.45) is 0 Å². The van der Waals surface area contributed by atoms with Crippen molar-refractivity contribution in [2.45, 2.75) is 156 Å². The smallest absolute Gasteiger partial charge is 0.0629 e. The zero-order valence-corrected chi connectivity index (χ0v) is 28.3. The minimum atomic E-state index is 1.20. The third kappa shape index (κ3) is 13.9. The maximum absolute atomic E-state index is 2.38. The lowest BCUT2D eigenvalue weighted by molar-refractivity contribution is 0.607. The number of rotatable bonds is 24. The molecule has 0 aliphatic rings. The Morgan fingerprint density at radius 2 is 0.535 bits per heavy atom. The van der Waals surface area contributed by atoms with Crippen LogP contribution in [-0.4, -0.2) is 0 Å². The molecule has 0 atom stereocenters. The van der Waals surface area contributed by atoms with Crippen LogP contribution in [0.1, 0.15) is 170 Å². The van der Waals surface area contributed by atoms with E-state index in [1.807, 2.05) is 0 Å². The highest BCUT2D eigenvalue weighted by Crippen LogP contribution is 2.32. The molecule has 0 nitrogen and oxygen atoms in total. The Morgan fingerprint density at radius 3 is 0.791 bits per heavy atom. The summed E-state index contributed by atoms with van der Waals surface area (Å²) in [5.41, 5.74) is 8.42. The van der Waals surface area contributed by atoms with Gasteiger partial charge in [-0.05, 0) is 71.9 Å². The van der Waals surface area contributed by atoms with Gasteiger partial charge < -0.3 is 0 Å². The lowest BCUT2D eigenvalue weighted by atomic mass is 9.83. The van der Waals surface area contributed by atoms with Crippen LogP contribution in [0.2, 0.25) is 0 Å². The van der Waals surface area contributed by atoms with Crippen LogP contribution in [0.3, 0.4) is 0 Å². The van der Waals surface area contributed by atoms with Crippen molar-refractivity contribution in [3.8, 4) is 0 Å². The van der Waals surface area contributed by atoms with Gasteiger partial charge in [0, 0.05) is 0 Å². The predicted octanol–water partition coefficient (Wildman–Crippen LogP) is 13.4. The molecule has 43 heavy (non-hydrogen) atoms. The van der Waals surface area contributed by atoms with Gasteiger partial charge >= 0.3 is 0 Å². The van der Waals surface area contributed by atoms with E-state index in [1.54, 1.807) is 0 Å². The molecule has 3 rings (SSSR count). The Bertz CT molecular complexity index is 915. The molecule has 1 radical (unpaired) electrons. The van der Waals surface area contributed by atoms with Crippen LogP contribution in [-0.2, 0) is 19.3 Å². The summed E-state index contributed by atoms with van der Waals surface area (Å²) in [6.45, 7) is 6.88. The number of hydrogen-bond acceptors (Lipinski definition) is 0. The Kier molecular flexibility index (Phi) is 18.2. The van der Waals surface area contributed by atoms with E-state index in [-0.39, 0.29) is 0 Å². The van der Waals surface area contributed by atoms with E-state index in [0.29, 0.717) is 0 Å². The van der Waals surface area contributed by atoms with Gasteiger partial charge in [-0.15, -0.1) is 0 Å². The SMILES string of the molecule is CCCCCCCCc1ccc([C](c2ccc(CCCCCCCC)cc2)c2ccc(CCCCCCCC)cc2)cc1. The van der Waals surface area contributed by atoms with Crippen molar-refractivity contribution < 1.29 is 0 Å². The Morgan fingerprint density at radius 1 is 0.302 bits per heavy atom. The van der Waals surface area contributed by atoms with Crippen molar-refractivity contribution in [3.63, 3.8) is 0 Å². The molecule has 0 aliphatic carbocycles. The largest absolute Gasteiger partial charge is 0.0654 e. The first-order valence-corrected chi connectivity index (χ1v) is 18.4. The van der Waals surface area contributed by atoms with E-state index in [9.17, 15) is 0 Å². The average Bonchev–Trinajstić information content (AvgIpc) is 3.04. The molecule has 0 aliphatic heterocycles. The molecule has 0 spiro atoms. The maximum atomic E-state index is 2.38. The highest BCUT2D eigenvalue weighted by Gasteiger charge is 2.18. The Labute approximate surface area is 267 Å². The zero-order chi connectivity index (χ0) is 30.4. The number of aryl methyl sites for hydroxylation is 3. The average molecular weight is 580 g/mol. The summed E-state index contributed by atoms with van der Waals surface area (Å²) in [7, 11) is 0. The topological polar surface area (TPSA) is 0 Å². The summed E-state index contributed by atoms with van der Waals surface area (Å²) in [5.74, 6) is 1.36. The van der Waals surface area contributed by atoms with Gasteiger partial charge in [0.15, 0.2) is 0 Å². The molecule has 0 saturated carbocycles. The second-order valence-corrected chi connectivity index (χ2v) is 13.0. The van der Waals surface area contributed by atoms with Gasteiger partial charge in [0.2, 0.25) is 0 Å². The normalized spacial score (nSPS) is 11.4. The van der Waals surface area contributed by atoms with Crippen LogP contribution in [0.4, 0.5) is 0 Å². The fraction of sp³-hybridized carbons (Fsp3) is 0.558. The molecule has 0 heteroatoms. The fourth-order valence-electron chi connectivity index (χ4n) is 6.34. The van der Waals surface area contributed by atoms with Crippen LogP contribution in [0.5, 0.6) is 0 Å². The predicted molar refractivity (Wildman–Crippen MR) is 191 cm³/mol. The van der Waals surface area contributed by atoms with Crippen molar-refractivity contribution in [2.75, 3.05) is 0 Å². The molecule has 0 bridgehead atoms. The molecule has 235 valence electrons. The maximum Gasteiger partial charge on any atom is 0.0629 e. The van der Waals surface area contributed by atoms with Crippen molar-refractivity contribution in [1.29, 1.82) is 0 Å². The zero-order valence-electron chi connectivity index (χ0n) is 28.3. The standard InChI is InChI=1S/C43H63/c1-4-7-10-13-16-19-22-37-25-31-40(32-26-37)43(41-33-27-38(28-34-41)23-20-17-14-11-8-5-2)42-35-29-39(30-36-42)24-21-18-15-12-9-6-3/h25-36H,4-24H2,1-3H3. The van der Waals surface area contributed by atoms with Gasteiger partial charge in [0.05, 0.1) is 5.92 Å². The summed E-state index contributed by atoms with van der Waals surface area (Å²) in [6.07, 6.45) is 28.0.